The van der Waals surface area contributed by atoms with Crippen LogP contribution in [0.15, 0.2) is 30.7 Å². The summed E-state index contributed by atoms with van der Waals surface area (Å²) in [5.74, 6) is 0. The van der Waals surface area contributed by atoms with E-state index in [0.29, 0.717) is 10.7 Å². The molecule has 0 aliphatic rings. The van der Waals surface area contributed by atoms with Gasteiger partial charge in [0.25, 0.3) is 0 Å². The van der Waals surface area contributed by atoms with Crippen molar-refractivity contribution in [1.29, 1.82) is 0 Å². The standard InChI is InChI=1S/C10H10ClN3/c1-7-5-14(6-13-7)8-2-3-9(11)10(12)4-8/h2-6H,12H2,1H3. The zero-order chi connectivity index (χ0) is 10.1. The number of aryl methyl sites for hydroxylation is 1. The van der Waals surface area contributed by atoms with Gasteiger partial charge in [-0.3, -0.25) is 0 Å². The highest BCUT2D eigenvalue weighted by atomic mass is 35.5. The van der Waals surface area contributed by atoms with Crippen LogP contribution in [0.5, 0.6) is 0 Å². The van der Waals surface area contributed by atoms with Gasteiger partial charge in [0.2, 0.25) is 0 Å². The molecule has 1 aromatic carbocycles. The Hall–Kier alpha value is -1.48. The molecular weight excluding hydrogens is 198 g/mol. The Morgan fingerprint density at radius 3 is 2.79 bits per heavy atom. The Labute approximate surface area is 87.1 Å². The second-order valence-corrected chi connectivity index (χ2v) is 3.54. The van der Waals surface area contributed by atoms with Gasteiger partial charge in [-0.1, -0.05) is 11.6 Å². The van der Waals surface area contributed by atoms with Gasteiger partial charge in [0.05, 0.1) is 22.7 Å². The number of hydrogen-bond donors (Lipinski definition) is 1. The van der Waals surface area contributed by atoms with Crippen LogP contribution in [0, 0.1) is 6.92 Å². The highest BCUT2D eigenvalue weighted by Crippen LogP contribution is 2.21. The summed E-state index contributed by atoms with van der Waals surface area (Å²) in [5, 5.41) is 0.575. The van der Waals surface area contributed by atoms with Crippen LogP contribution in [-0.2, 0) is 0 Å². The maximum Gasteiger partial charge on any atom is 0.0995 e. The van der Waals surface area contributed by atoms with Gasteiger partial charge >= 0.3 is 0 Å². The lowest BCUT2D eigenvalue weighted by Crippen LogP contribution is -1.93. The largest absolute Gasteiger partial charge is 0.397 e. The average molecular weight is 208 g/mol. The average Bonchev–Trinajstić information content (AvgIpc) is 2.57. The van der Waals surface area contributed by atoms with Crippen LogP contribution in [0.25, 0.3) is 5.69 Å². The molecule has 0 unspecified atom stereocenters. The lowest BCUT2D eigenvalue weighted by molar-refractivity contribution is 1.06. The molecule has 1 aromatic heterocycles. The first kappa shape index (κ1) is 9.09. The van der Waals surface area contributed by atoms with Crippen LogP contribution in [-0.4, -0.2) is 9.55 Å². The Kier molecular flexibility index (Phi) is 2.17. The molecule has 1 heterocycles. The van der Waals surface area contributed by atoms with E-state index in [0.717, 1.165) is 11.4 Å². The van der Waals surface area contributed by atoms with Crippen LogP contribution in [0.2, 0.25) is 5.02 Å². The number of imidazole rings is 1. The number of hydrogen-bond acceptors (Lipinski definition) is 2. The third-order valence-corrected chi connectivity index (χ3v) is 2.33. The molecule has 0 saturated heterocycles. The molecule has 0 atom stereocenters. The molecule has 2 N–H and O–H groups in total. The Morgan fingerprint density at radius 1 is 1.43 bits per heavy atom. The molecule has 0 radical (unpaired) electrons. The topological polar surface area (TPSA) is 43.8 Å². The Morgan fingerprint density at radius 2 is 2.21 bits per heavy atom. The second kappa shape index (κ2) is 3.35. The molecule has 0 amide bonds. The van der Waals surface area contributed by atoms with Gasteiger partial charge in [0, 0.05) is 11.9 Å². The minimum absolute atomic E-state index is 0.575. The van der Waals surface area contributed by atoms with Crippen molar-refractivity contribution in [3.8, 4) is 5.69 Å². The summed E-state index contributed by atoms with van der Waals surface area (Å²) < 4.78 is 1.90. The molecule has 3 nitrogen and oxygen atoms in total. The normalized spacial score (nSPS) is 10.4. The van der Waals surface area contributed by atoms with Crippen molar-refractivity contribution in [3.63, 3.8) is 0 Å². The van der Waals surface area contributed by atoms with E-state index < -0.39 is 0 Å². The van der Waals surface area contributed by atoms with Gasteiger partial charge in [0.1, 0.15) is 0 Å². The molecule has 0 fully saturated rings. The maximum atomic E-state index is 5.82. The van der Waals surface area contributed by atoms with E-state index in [1.165, 1.54) is 0 Å². The third-order valence-electron chi connectivity index (χ3n) is 1.99. The lowest BCUT2D eigenvalue weighted by Gasteiger charge is -2.03. The van der Waals surface area contributed by atoms with Crippen molar-refractivity contribution in [3.05, 3.63) is 41.4 Å². The zero-order valence-electron chi connectivity index (χ0n) is 7.74. The van der Waals surface area contributed by atoms with Gasteiger partial charge in [-0.2, -0.15) is 0 Å². The minimum atomic E-state index is 0.575. The first-order valence-electron chi connectivity index (χ1n) is 4.23. The third kappa shape index (κ3) is 1.59. The van der Waals surface area contributed by atoms with E-state index in [-0.39, 0.29) is 0 Å². The fourth-order valence-electron chi connectivity index (χ4n) is 1.25. The predicted octanol–water partition coefficient (Wildman–Crippen LogP) is 2.42. The van der Waals surface area contributed by atoms with Gasteiger partial charge < -0.3 is 10.3 Å². The van der Waals surface area contributed by atoms with Gasteiger partial charge in [-0.15, -0.1) is 0 Å². The Bertz CT molecular complexity index is 462. The van der Waals surface area contributed by atoms with E-state index in [1.807, 2.05) is 29.8 Å². The van der Waals surface area contributed by atoms with Crippen LogP contribution in [0.4, 0.5) is 5.69 Å². The summed E-state index contributed by atoms with van der Waals surface area (Å²) in [7, 11) is 0. The van der Waals surface area contributed by atoms with E-state index in [9.17, 15) is 0 Å². The summed E-state index contributed by atoms with van der Waals surface area (Å²) in [5.41, 5.74) is 8.21. The first-order valence-corrected chi connectivity index (χ1v) is 4.60. The van der Waals surface area contributed by atoms with Crippen molar-refractivity contribution in [2.75, 3.05) is 5.73 Å². The summed E-state index contributed by atoms with van der Waals surface area (Å²) in [6, 6.07) is 5.50. The van der Waals surface area contributed by atoms with E-state index in [1.54, 1.807) is 12.4 Å². The molecule has 0 aliphatic heterocycles. The van der Waals surface area contributed by atoms with Crippen molar-refractivity contribution in [1.82, 2.24) is 9.55 Å². The summed E-state index contributed by atoms with van der Waals surface area (Å²) in [4.78, 5) is 4.13. The maximum absolute atomic E-state index is 5.82. The molecular formula is C10H10ClN3. The molecule has 4 heteroatoms. The van der Waals surface area contributed by atoms with Crippen molar-refractivity contribution in [2.24, 2.45) is 0 Å². The highest BCUT2D eigenvalue weighted by Gasteiger charge is 2.00. The number of nitrogens with zero attached hydrogens (tertiary/aromatic N) is 2. The molecule has 0 saturated carbocycles. The summed E-state index contributed by atoms with van der Waals surface area (Å²) in [6.45, 7) is 1.94. The number of nitrogens with two attached hydrogens (primary N) is 1. The number of benzene rings is 1. The number of halogens is 1. The molecule has 0 aliphatic carbocycles. The molecule has 14 heavy (non-hydrogen) atoms. The van der Waals surface area contributed by atoms with Crippen LogP contribution in [0.1, 0.15) is 5.69 Å². The smallest absolute Gasteiger partial charge is 0.0995 e. The van der Waals surface area contributed by atoms with Gasteiger partial charge in [-0.05, 0) is 25.1 Å². The lowest BCUT2D eigenvalue weighted by atomic mass is 10.3. The molecule has 0 spiro atoms. The van der Waals surface area contributed by atoms with Crippen molar-refractivity contribution >= 4 is 17.3 Å². The van der Waals surface area contributed by atoms with Crippen molar-refractivity contribution < 1.29 is 0 Å². The highest BCUT2D eigenvalue weighted by molar-refractivity contribution is 6.33. The molecule has 0 bridgehead atoms. The predicted molar refractivity (Wildman–Crippen MR) is 57.7 cm³/mol. The molecule has 2 rings (SSSR count). The number of aromatic nitrogens is 2. The summed E-state index contributed by atoms with van der Waals surface area (Å²) in [6.07, 6.45) is 3.68. The van der Waals surface area contributed by atoms with Crippen LogP contribution >= 0.6 is 11.6 Å². The monoisotopic (exact) mass is 207 g/mol. The minimum Gasteiger partial charge on any atom is -0.397 e. The van der Waals surface area contributed by atoms with Crippen molar-refractivity contribution in [2.45, 2.75) is 6.92 Å². The second-order valence-electron chi connectivity index (χ2n) is 3.13. The molecule has 72 valence electrons. The van der Waals surface area contributed by atoms with E-state index in [4.69, 9.17) is 17.3 Å². The summed E-state index contributed by atoms with van der Waals surface area (Å²) >= 11 is 5.82. The Balaban J connectivity index is 2.47. The zero-order valence-corrected chi connectivity index (χ0v) is 8.49. The first-order chi connectivity index (χ1) is 6.66. The van der Waals surface area contributed by atoms with E-state index >= 15 is 0 Å². The van der Waals surface area contributed by atoms with E-state index in [2.05, 4.69) is 4.98 Å². The van der Waals surface area contributed by atoms with Gasteiger partial charge in [0.15, 0.2) is 0 Å². The SMILES string of the molecule is Cc1cn(-c2ccc(Cl)c(N)c2)cn1. The fourth-order valence-corrected chi connectivity index (χ4v) is 1.37. The molecule has 2 aromatic rings. The van der Waals surface area contributed by atoms with Gasteiger partial charge in [-0.25, -0.2) is 4.98 Å². The quantitative estimate of drug-likeness (QED) is 0.730. The van der Waals surface area contributed by atoms with Crippen LogP contribution in [0.3, 0.4) is 0 Å². The van der Waals surface area contributed by atoms with Crippen LogP contribution < -0.4 is 5.73 Å². The fraction of sp³-hybridized carbons (Fsp3) is 0.100. The number of anilines is 1. The number of rotatable bonds is 1. The number of nitrogen functional groups attached to an aromatic ring is 1.